The smallest absolute Gasteiger partial charge is 0.230 e. The molecule has 0 aromatic rings. The van der Waals surface area contributed by atoms with E-state index in [-0.39, 0.29) is 0 Å². The maximum absolute atomic E-state index is 12.3. The predicted molar refractivity (Wildman–Crippen MR) is 69.4 cm³/mol. The molecule has 0 radical (unpaired) electrons. The molecule has 0 aliphatic carbocycles. The average molecular weight is 271 g/mol. The van der Waals surface area contributed by atoms with Gasteiger partial charge in [0.2, 0.25) is 10.0 Å². The number of nitrogens with zero attached hydrogens (tertiary/aromatic N) is 3. The van der Waals surface area contributed by atoms with Gasteiger partial charge in [-0.3, -0.25) is 4.90 Å². The summed E-state index contributed by atoms with van der Waals surface area (Å²) in [6.45, 7) is 4.76. The quantitative estimate of drug-likeness (QED) is 0.761. The van der Waals surface area contributed by atoms with E-state index in [1.807, 2.05) is 6.07 Å². The van der Waals surface area contributed by atoms with Gasteiger partial charge in [-0.25, -0.2) is 8.42 Å². The van der Waals surface area contributed by atoms with Crippen LogP contribution in [0.3, 0.4) is 0 Å². The van der Waals surface area contributed by atoms with Crippen LogP contribution < -0.4 is 0 Å². The lowest BCUT2D eigenvalue weighted by molar-refractivity contribution is 0.0849. The van der Waals surface area contributed by atoms with Gasteiger partial charge in [0, 0.05) is 25.7 Å². The zero-order chi connectivity index (χ0) is 13.2. The van der Waals surface area contributed by atoms with E-state index in [1.54, 1.807) is 6.92 Å². The number of sulfonamides is 1. The number of fused-ring (bicyclic) bond motifs is 1. The topological polar surface area (TPSA) is 64.4 Å². The standard InChI is InChI=1S/C12H21N3O2S/c1-2-12(9-13)18(16,17)15-8-7-14-6-4-3-5-11(14)10-15/h11-12H,2-8,10H2,1H3. The molecular formula is C12H21N3O2S. The summed E-state index contributed by atoms with van der Waals surface area (Å²) in [6.07, 6.45) is 3.85. The van der Waals surface area contributed by atoms with Crippen LogP contribution in [-0.2, 0) is 10.0 Å². The van der Waals surface area contributed by atoms with Crippen molar-refractivity contribution in [2.24, 2.45) is 0 Å². The fourth-order valence-electron chi connectivity index (χ4n) is 2.91. The Morgan fingerprint density at radius 1 is 1.33 bits per heavy atom. The van der Waals surface area contributed by atoms with Crippen LogP contribution in [0, 0.1) is 11.3 Å². The Bertz CT molecular complexity index is 429. The lowest BCUT2D eigenvalue weighted by Gasteiger charge is -2.43. The monoisotopic (exact) mass is 271 g/mol. The minimum absolute atomic E-state index is 0.360. The average Bonchev–Trinajstić information content (AvgIpc) is 2.39. The van der Waals surface area contributed by atoms with Gasteiger partial charge in [0.05, 0.1) is 6.07 Å². The van der Waals surface area contributed by atoms with Crippen LogP contribution in [0.1, 0.15) is 32.6 Å². The zero-order valence-corrected chi connectivity index (χ0v) is 11.7. The number of hydrogen-bond acceptors (Lipinski definition) is 4. The number of rotatable bonds is 3. The highest BCUT2D eigenvalue weighted by Gasteiger charge is 2.37. The van der Waals surface area contributed by atoms with Gasteiger partial charge in [0.25, 0.3) is 0 Å². The molecule has 0 saturated carbocycles. The molecule has 0 spiro atoms. The first-order chi connectivity index (χ1) is 8.59. The molecule has 2 aliphatic rings. The van der Waals surface area contributed by atoms with Gasteiger partial charge in [0.1, 0.15) is 0 Å². The minimum Gasteiger partial charge on any atom is -0.298 e. The Morgan fingerprint density at radius 2 is 2.11 bits per heavy atom. The lowest BCUT2D eigenvalue weighted by atomic mass is 10.0. The SMILES string of the molecule is CCC(C#N)S(=O)(=O)N1CCN2CCCCC2C1. The van der Waals surface area contributed by atoms with Gasteiger partial charge in [-0.15, -0.1) is 0 Å². The van der Waals surface area contributed by atoms with E-state index in [9.17, 15) is 8.42 Å². The molecule has 6 heteroatoms. The van der Waals surface area contributed by atoms with Gasteiger partial charge in [-0.05, 0) is 25.8 Å². The maximum Gasteiger partial charge on any atom is 0.230 e. The molecule has 2 unspecified atom stereocenters. The van der Waals surface area contributed by atoms with Crippen LogP contribution in [0.4, 0.5) is 0 Å². The van der Waals surface area contributed by atoms with E-state index in [2.05, 4.69) is 4.90 Å². The Labute approximate surface area is 109 Å². The molecule has 102 valence electrons. The third kappa shape index (κ3) is 2.53. The molecule has 0 N–H and O–H groups in total. The third-order valence-corrected chi connectivity index (χ3v) is 6.24. The van der Waals surface area contributed by atoms with Gasteiger partial charge < -0.3 is 0 Å². The molecule has 0 aromatic heterocycles. The number of nitriles is 1. The Hall–Kier alpha value is -0.640. The zero-order valence-electron chi connectivity index (χ0n) is 10.9. The van der Waals surface area contributed by atoms with E-state index in [1.165, 1.54) is 17.1 Å². The summed E-state index contributed by atoms with van der Waals surface area (Å²) >= 11 is 0. The molecule has 2 rings (SSSR count). The van der Waals surface area contributed by atoms with Crippen molar-refractivity contribution in [2.75, 3.05) is 26.2 Å². The van der Waals surface area contributed by atoms with Crippen molar-refractivity contribution in [2.45, 2.75) is 43.9 Å². The van der Waals surface area contributed by atoms with Crippen molar-refractivity contribution in [3.63, 3.8) is 0 Å². The van der Waals surface area contributed by atoms with Crippen molar-refractivity contribution in [1.29, 1.82) is 5.26 Å². The largest absolute Gasteiger partial charge is 0.298 e. The molecule has 18 heavy (non-hydrogen) atoms. The molecular weight excluding hydrogens is 250 g/mol. The molecule has 0 aromatic carbocycles. The summed E-state index contributed by atoms with van der Waals surface area (Å²) in [7, 11) is -3.43. The van der Waals surface area contributed by atoms with E-state index in [4.69, 9.17) is 5.26 Å². The summed E-state index contributed by atoms with van der Waals surface area (Å²) in [6, 6.07) is 2.28. The van der Waals surface area contributed by atoms with Crippen LogP contribution >= 0.6 is 0 Å². The number of piperazine rings is 1. The first kappa shape index (κ1) is 13.8. The molecule has 2 fully saturated rings. The van der Waals surface area contributed by atoms with Crippen molar-refractivity contribution in [3.05, 3.63) is 0 Å². The second kappa shape index (κ2) is 5.55. The van der Waals surface area contributed by atoms with E-state index >= 15 is 0 Å². The summed E-state index contributed by atoms with van der Waals surface area (Å²) in [5, 5.41) is 8.08. The van der Waals surface area contributed by atoms with E-state index in [0.29, 0.717) is 25.6 Å². The molecule has 5 nitrogen and oxygen atoms in total. The highest BCUT2D eigenvalue weighted by molar-refractivity contribution is 7.90. The van der Waals surface area contributed by atoms with Crippen molar-refractivity contribution < 1.29 is 8.42 Å². The Kier molecular flexibility index (Phi) is 4.25. The van der Waals surface area contributed by atoms with Gasteiger partial charge in [0.15, 0.2) is 5.25 Å². The second-order valence-electron chi connectivity index (χ2n) is 5.11. The molecule has 2 atom stereocenters. The Balaban J connectivity index is 2.09. The summed E-state index contributed by atoms with van der Waals surface area (Å²) in [5.74, 6) is 0. The Morgan fingerprint density at radius 3 is 2.78 bits per heavy atom. The highest BCUT2D eigenvalue weighted by Crippen LogP contribution is 2.24. The van der Waals surface area contributed by atoms with Crippen LogP contribution in [0.15, 0.2) is 0 Å². The maximum atomic E-state index is 12.3. The number of hydrogen-bond donors (Lipinski definition) is 0. The molecule has 0 amide bonds. The van der Waals surface area contributed by atoms with Crippen LogP contribution in [0.2, 0.25) is 0 Å². The van der Waals surface area contributed by atoms with Gasteiger partial charge in [-0.1, -0.05) is 13.3 Å². The van der Waals surface area contributed by atoms with Crippen LogP contribution in [0.25, 0.3) is 0 Å². The summed E-state index contributed by atoms with van der Waals surface area (Å²) in [4.78, 5) is 2.39. The first-order valence-electron chi connectivity index (χ1n) is 6.72. The van der Waals surface area contributed by atoms with Crippen molar-refractivity contribution in [1.82, 2.24) is 9.21 Å². The molecule has 2 heterocycles. The van der Waals surface area contributed by atoms with Crippen molar-refractivity contribution >= 4 is 10.0 Å². The molecule has 2 saturated heterocycles. The minimum atomic E-state index is -3.43. The normalized spacial score (nSPS) is 28.3. The third-order valence-electron chi connectivity index (χ3n) is 4.03. The summed E-state index contributed by atoms with van der Waals surface area (Å²) < 4.78 is 26.2. The fraction of sp³-hybridized carbons (Fsp3) is 0.917. The fourth-order valence-corrected chi connectivity index (χ4v) is 4.54. The first-order valence-corrected chi connectivity index (χ1v) is 8.22. The predicted octanol–water partition coefficient (Wildman–Crippen LogP) is 0.788. The lowest BCUT2D eigenvalue weighted by Crippen LogP contribution is -2.57. The highest BCUT2D eigenvalue weighted by atomic mass is 32.2. The van der Waals surface area contributed by atoms with Crippen molar-refractivity contribution in [3.8, 4) is 6.07 Å². The van der Waals surface area contributed by atoms with Crippen LogP contribution in [0.5, 0.6) is 0 Å². The van der Waals surface area contributed by atoms with Gasteiger partial charge in [-0.2, -0.15) is 9.57 Å². The second-order valence-corrected chi connectivity index (χ2v) is 7.23. The van der Waals surface area contributed by atoms with E-state index < -0.39 is 15.3 Å². The van der Waals surface area contributed by atoms with E-state index in [0.717, 1.165) is 19.5 Å². The molecule has 2 aliphatic heterocycles. The van der Waals surface area contributed by atoms with Gasteiger partial charge >= 0.3 is 0 Å². The molecule has 0 bridgehead atoms. The van der Waals surface area contributed by atoms with Crippen LogP contribution in [-0.4, -0.2) is 55.1 Å². The number of piperidine rings is 1. The summed E-state index contributed by atoms with van der Waals surface area (Å²) in [5.41, 5.74) is 0.